The normalized spacial score (nSPS) is 19.1. The van der Waals surface area contributed by atoms with Gasteiger partial charge in [0, 0.05) is 6.42 Å². The predicted octanol–water partition coefficient (Wildman–Crippen LogP) is -0.542. The Morgan fingerprint density at radius 2 is 1.88 bits per heavy atom. The second kappa shape index (κ2) is 8.95. The highest BCUT2D eigenvalue weighted by Crippen LogP contribution is 2.41. The van der Waals surface area contributed by atoms with Crippen LogP contribution < -0.4 is 17.0 Å². The van der Waals surface area contributed by atoms with E-state index in [0.717, 1.165) is 33.7 Å². The molecule has 1 aliphatic rings. The van der Waals surface area contributed by atoms with E-state index in [2.05, 4.69) is 14.1 Å². The van der Waals surface area contributed by atoms with Crippen molar-refractivity contribution in [3.8, 4) is 0 Å². The third-order valence-electron chi connectivity index (χ3n) is 4.46. The lowest BCUT2D eigenvalue weighted by Crippen LogP contribution is -3.00. The minimum Gasteiger partial charge on any atom is -1.00 e. The molecule has 0 bridgehead atoms. The van der Waals surface area contributed by atoms with Gasteiger partial charge >= 0.3 is 5.97 Å². The number of esters is 1. The Bertz CT molecular complexity index is 654. The molecule has 0 aromatic carbocycles. The number of hydrogen-bond acceptors (Lipinski definition) is 6. The van der Waals surface area contributed by atoms with E-state index in [9.17, 15) is 9.90 Å². The number of halogens is 1. The van der Waals surface area contributed by atoms with Crippen molar-refractivity contribution in [2.45, 2.75) is 18.1 Å². The molecule has 2 aromatic rings. The van der Waals surface area contributed by atoms with Gasteiger partial charge in [-0.3, -0.25) is 0 Å². The summed E-state index contributed by atoms with van der Waals surface area (Å²) in [6.45, 7) is 1.70. The van der Waals surface area contributed by atoms with E-state index in [-0.39, 0.29) is 36.3 Å². The van der Waals surface area contributed by atoms with Crippen LogP contribution in [0.2, 0.25) is 0 Å². The van der Waals surface area contributed by atoms with E-state index in [4.69, 9.17) is 9.47 Å². The lowest BCUT2D eigenvalue weighted by molar-refractivity contribution is -0.879. The highest BCUT2D eigenvalue weighted by Gasteiger charge is 2.49. The molecule has 144 valence electrons. The maximum atomic E-state index is 13.3. The van der Waals surface area contributed by atoms with E-state index >= 15 is 0 Å². The molecular weight excluding hydrogens is 438 g/mol. The van der Waals surface area contributed by atoms with Crippen molar-refractivity contribution in [3.05, 3.63) is 44.8 Å². The zero-order valence-electron chi connectivity index (χ0n) is 14.9. The number of carbonyl (C=O) groups excluding carboxylic acids is 1. The fourth-order valence-electron chi connectivity index (χ4n) is 3.24. The van der Waals surface area contributed by atoms with Gasteiger partial charge in [0.2, 0.25) is 5.60 Å². The largest absolute Gasteiger partial charge is 1.00 e. The monoisotopic (exact) mass is 461 g/mol. The van der Waals surface area contributed by atoms with Crippen molar-refractivity contribution in [2.75, 3.05) is 40.4 Å². The van der Waals surface area contributed by atoms with Crippen molar-refractivity contribution in [1.29, 1.82) is 0 Å². The molecule has 26 heavy (non-hydrogen) atoms. The zero-order chi connectivity index (χ0) is 17.9. The van der Waals surface area contributed by atoms with Gasteiger partial charge in [-0.2, -0.15) is 0 Å². The van der Waals surface area contributed by atoms with Gasteiger partial charge in [0.1, 0.15) is 6.54 Å². The Labute approximate surface area is 172 Å². The van der Waals surface area contributed by atoms with Crippen LogP contribution in [0.25, 0.3) is 0 Å². The van der Waals surface area contributed by atoms with Crippen molar-refractivity contribution in [2.24, 2.45) is 0 Å². The second-order valence-electron chi connectivity index (χ2n) is 6.87. The highest BCUT2D eigenvalue weighted by molar-refractivity contribution is 7.12. The van der Waals surface area contributed by atoms with E-state index in [1.54, 1.807) is 0 Å². The SMILES string of the molecule is C[N+]1(C)CCC(OC(=O)C(OCCO)(c2cccs2)c2cccs2)C1.[Br-]. The molecule has 5 nitrogen and oxygen atoms in total. The number of rotatable bonds is 7. The number of aliphatic hydroxyl groups is 1. The van der Waals surface area contributed by atoms with Gasteiger partial charge in [-0.15, -0.1) is 22.7 Å². The summed E-state index contributed by atoms with van der Waals surface area (Å²) in [5.74, 6) is -0.391. The van der Waals surface area contributed by atoms with Crippen LogP contribution in [0, 0.1) is 0 Å². The standard InChI is InChI=1S/C18H24NO4S2.BrH/c1-19(2)8-7-14(13-19)23-17(21)18(22-10-9-20,15-5-3-11-24-15)16-6-4-12-25-16;/h3-6,11-12,14,20H,7-10,13H2,1-2H3;1H/q+1;/p-1. The fourth-order valence-corrected chi connectivity index (χ4v) is 5.06. The summed E-state index contributed by atoms with van der Waals surface area (Å²) >= 11 is 2.92. The Balaban J connectivity index is 0.00000243. The number of aliphatic hydroxyl groups excluding tert-OH is 1. The van der Waals surface area contributed by atoms with Crippen molar-refractivity contribution >= 4 is 28.6 Å². The van der Waals surface area contributed by atoms with Gasteiger partial charge in [-0.1, -0.05) is 12.1 Å². The predicted molar refractivity (Wildman–Crippen MR) is 98.8 cm³/mol. The molecular formula is C18H24BrNO4S2. The quantitative estimate of drug-likeness (QED) is 0.444. The highest BCUT2D eigenvalue weighted by atomic mass is 79.9. The van der Waals surface area contributed by atoms with Crippen LogP contribution in [0.3, 0.4) is 0 Å². The molecule has 1 unspecified atom stereocenters. The maximum absolute atomic E-state index is 13.3. The van der Waals surface area contributed by atoms with Gasteiger partial charge in [0.25, 0.3) is 0 Å². The van der Waals surface area contributed by atoms with E-state index in [1.165, 1.54) is 22.7 Å². The van der Waals surface area contributed by atoms with Gasteiger partial charge in [-0.25, -0.2) is 4.79 Å². The van der Waals surface area contributed by atoms with Crippen LogP contribution in [0.1, 0.15) is 16.2 Å². The number of thiophene rings is 2. The van der Waals surface area contributed by atoms with Crippen LogP contribution in [0.15, 0.2) is 35.0 Å². The molecule has 0 aliphatic carbocycles. The topological polar surface area (TPSA) is 55.8 Å². The van der Waals surface area contributed by atoms with Crippen molar-refractivity contribution in [1.82, 2.24) is 0 Å². The lowest BCUT2D eigenvalue weighted by atomic mass is 9.99. The molecule has 0 spiro atoms. The number of quaternary nitrogens is 1. The zero-order valence-corrected chi connectivity index (χ0v) is 18.1. The van der Waals surface area contributed by atoms with Gasteiger partial charge < -0.3 is 36.0 Å². The molecule has 1 saturated heterocycles. The molecule has 0 amide bonds. The van der Waals surface area contributed by atoms with Gasteiger partial charge in [0.15, 0.2) is 6.10 Å². The Morgan fingerprint density at radius 3 is 2.31 bits per heavy atom. The van der Waals surface area contributed by atoms with E-state index in [1.807, 2.05) is 35.0 Å². The molecule has 3 rings (SSSR count). The van der Waals surface area contributed by atoms with E-state index in [0.29, 0.717) is 0 Å². The molecule has 3 heterocycles. The molecule has 0 radical (unpaired) electrons. The Morgan fingerprint density at radius 1 is 1.27 bits per heavy atom. The van der Waals surface area contributed by atoms with Crippen LogP contribution >= 0.6 is 22.7 Å². The smallest absolute Gasteiger partial charge is 0.350 e. The molecule has 1 atom stereocenters. The minimum absolute atomic E-state index is 0. The summed E-state index contributed by atoms with van der Waals surface area (Å²) in [6.07, 6.45) is 0.739. The molecule has 1 fully saturated rings. The van der Waals surface area contributed by atoms with Gasteiger partial charge in [-0.05, 0) is 22.9 Å². The van der Waals surface area contributed by atoms with Crippen LogP contribution in [0.4, 0.5) is 0 Å². The summed E-state index contributed by atoms with van der Waals surface area (Å²) in [6, 6.07) is 7.57. The molecule has 2 aromatic heterocycles. The first kappa shape index (κ1) is 21.5. The van der Waals surface area contributed by atoms with Crippen LogP contribution in [0.5, 0.6) is 0 Å². The van der Waals surface area contributed by atoms with Crippen molar-refractivity contribution < 1.29 is 40.8 Å². The summed E-state index contributed by atoms with van der Waals surface area (Å²) in [7, 11) is 4.28. The average molecular weight is 462 g/mol. The number of carbonyl (C=O) groups is 1. The van der Waals surface area contributed by atoms with Crippen LogP contribution in [-0.2, 0) is 19.9 Å². The minimum atomic E-state index is -1.30. The molecule has 0 saturated carbocycles. The maximum Gasteiger partial charge on any atom is 0.350 e. The van der Waals surface area contributed by atoms with Crippen molar-refractivity contribution in [3.63, 3.8) is 0 Å². The number of ether oxygens (including phenoxy) is 2. The first-order chi connectivity index (χ1) is 12.0. The Kier molecular flexibility index (Phi) is 7.41. The summed E-state index contributed by atoms with van der Waals surface area (Å²) in [4.78, 5) is 14.9. The number of likely N-dealkylation sites (N-methyl/N-ethyl adjacent to an activating group) is 1. The summed E-state index contributed by atoms with van der Waals surface area (Å²) < 4.78 is 12.7. The Hall–Kier alpha value is -0.770. The molecule has 1 N–H and O–H groups in total. The second-order valence-corrected chi connectivity index (χ2v) is 8.76. The average Bonchev–Trinajstić information content (AvgIpc) is 3.31. The fraction of sp³-hybridized carbons (Fsp3) is 0.500. The van der Waals surface area contributed by atoms with Gasteiger partial charge in [0.05, 0.1) is 43.6 Å². The number of nitrogens with zero attached hydrogens (tertiary/aromatic N) is 1. The third kappa shape index (κ3) is 4.37. The molecule has 1 aliphatic heterocycles. The summed E-state index contributed by atoms with van der Waals surface area (Å²) in [5.41, 5.74) is -1.30. The number of likely N-dealkylation sites (tertiary alicyclic amines) is 1. The summed E-state index contributed by atoms with van der Waals surface area (Å²) in [5, 5.41) is 13.1. The third-order valence-corrected chi connectivity index (χ3v) is 6.40. The first-order valence-electron chi connectivity index (χ1n) is 8.34. The first-order valence-corrected chi connectivity index (χ1v) is 10.1. The van der Waals surface area contributed by atoms with Crippen LogP contribution in [-0.4, -0.2) is 62.1 Å². The lowest BCUT2D eigenvalue weighted by Gasteiger charge is -2.31. The molecule has 8 heteroatoms. The van der Waals surface area contributed by atoms with E-state index < -0.39 is 11.6 Å². The number of hydrogen-bond donors (Lipinski definition) is 1.